The molecule has 0 atom stereocenters. The van der Waals surface area contributed by atoms with Crippen molar-refractivity contribution < 1.29 is 4.42 Å². The Morgan fingerprint density at radius 1 is 1.20 bits per heavy atom. The molecule has 10 heavy (non-hydrogen) atoms. The molecule has 0 spiro atoms. The summed E-state index contributed by atoms with van der Waals surface area (Å²) < 4.78 is 5.15. The van der Waals surface area contributed by atoms with E-state index in [0.29, 0.717) is 0 Å². The first-order valence-corrected chi connectivity index (χ1v) is 3.37. The lowest BCUT2D eigenvalue weighted by Crippen LogP contribution is -1.71. The fraction of sp³-hybridized carbons (Fsp3) is 0. The van der Waals surface area contributed by atoms with E-state index in [1.807, 2.05) is 18.2 Å². The lowest BCUT2D eigenvalue weighted by atomic mass is 10.3. The van der Waals surface area contributed by atoms with Crippen LogP contribution in [-0.2, 0) is 0 Å². The average molecular weight is 153 g/mol. The van der Waals surface area contributed by atoms with Crippen LogP contribution in [0.15, 0.2) is 34.9 Å². The lowest BCUT2D eigenvalue weighted by Gasteiger charge is -1.97. The van der Waals surface area contributed by atoms with Gasteiger partial charge in [-0.1, -0.05) is 17.7 Å². The Labute approximate surface area is 63.6 Å². The van der Waals surface area contributed by atoms with Gasteiger partial charge in [-0.15, -0.1) is 0 Å². The van der Waals surface area contributed by atoms with Gasteiger partial charge in [0.1, 0.15) is 5.76 Å². The van der Waals surface area contributed by atoms with Crippen LogP contribution in [0, 0.1) is 0 Å². The highest BCUT2D eigenvalue weighted by Crippen LogP contribution is 2.29. The van der Waals surface area contributed by atoms with Gasteiger partial charge >= 0.3 is 0 Å². The number of hydrogen-bond donors (Lipinski definition) is 0. The van der Waals surface area contributed by atoms with Gasteiger partial charge in [-0.2, -0.15) is 0 Å². The topological polar surface area (TPSA) is 13.1 Å². The van der Waals surface area contributed by atoms with E-state index in [-0.39, 0.29) is 0 Å². The van der Waals surface area contributed by atoms with Crippen LogP contribution in [0.4, 0.5) is 0 Å². The quantitative estimate of drug-likeness (QED) is 0.566. The zero-order valence-corrected chi connectivity index (χ0v) is 5.93. The molecule has 0 saturated carbocycles. The third-order valence-electron chi connectivity index (χ3n) is 1.44. The summed E-state index contributed by atoms with van der Waals surface area (Å²) in [5, 5.41) is 0.742. The first kappa shape index (κ1) is 5.81. The summed E-state index contributed by atoms with van der Waals surface area (Å²) in [4.78, 5) is 0. The van der Waals surface area contributed by atoms with Crippen molar-refractivity contribution in [2.45, 2.75) is 0 Å². The van der Waals surface area contributed by atoms with E-state index in [9.17, 15) is 0 Å². The predicted molar refractivity (Wildman–Crippen MR) is 40.3 cm³/mol. The van der Waals surface area contributed by atoms with Crippen molar-refractivity contribution in [1.82, 2.24) is 0 Å². The molecule has 0 aromatic carbocycles. The molecule has 0 unspecified atom stereocenters. The molecule has 2 aliphatic rings. The van der Waals surface area contributed by atoms with Crippen LogP contribution >= 0.6 is 11.6 Å². The Morgan fingerprint density at radius 3 is 2.90 bits per heavy atom. The molecule has 1 aliphatic carbocycles. The van der Waals surface area contributed by atoms with E-state index < -0.39 is 0 Å². The SMILES string of the molecule is Clc1ccoc2cccc1-2. The van der Waals surface area contributed by atoms with Crippen molar-refractivity contribution in [3.05, 3.63) is 35.6 Å². The van der Waals surface area contributed by atoms with Crippen molar-refractivity contribution in [2.75, 3.05) is 0 Å². The number of fused-ring (bicyclic) bond motifs is 1. The van der Waals surface area contributed by atoms with Crippen molar-refractivity contribution >= 4 is 11.6 Å². The Balaban J connectivity index is 2.80. The van der Waals surface area contributed by atoms with Gasteiger partial charge < -0.3 is 4.42 Å². The average Bonchev–Trinajstić information content (AvgIpc) is 2.36. The highest BCUT2D eigenvalue weighted by molar-refractivity contribution is 6.33. The lowest BCUT2D eigenvalue weighted by molar-refractivity contribution is 0.567. The van der Waals surface area contributed by atoms with E-state index in [1.165, 1.54) is 0 Å². The molecule has 1 heterocycles. The van der Waals surface area contributed by atoms with E-state index in [1.54, 1.807) is 12.3 Å². The van der Waals surface area contributed by atoms with Crippen molar-refractivity contribution in [3.63, 3.8) is 0 Å². The van der Waals surface area contributed by atoms with Crippen LogP contribution in [0.1, 0.15) is 0 Å². The van der Waals surface area contributed by atoms with Gasteiger partial charge in [0, 0.05) is 5.56 Å². The van der Waals surface area contributed by atoms with Crippen molar-refractivity contribution in [1.29, 1.82) is 0 Å². The van der Waals surface area contributed by atoms with Crippen LogP contribution in [-0.4, -0.2) is 0 Å². The molecule has 1 nitrogen and oxygen atoms in total. The maximum atomic E-state index is 5.84. The van der Waals surface area contributed by atoms with Crippen LogP contribution in [0.3, 0.4) is 0 Å². The molecule has 0 aromatic heterocycles. The van der Waals surface area contributed by atoms with E-state index in [4.69, 9.17) is 16.0 Å². The Bertz CT molecular complexity index is 313. The molecular formula is C8H5ClO. The van der Waals surface area contributed by atoms with Crippen LogP contribution in [0.25, 0.3) is 11.3 Å². The minimum atomic E-state index is 0.742. The number of rotatable bonds is 0. The fourth-order valence-corrected chi connectivity index (χ4v) is 1.17. The van der Waals surface area contributed by atoms with Gasteiger partial charge in [0.15, 0.2) is 0 Å². The molecule has 0 fully saturated rings. The zero-order chi connectivity index (χ0) is 6.97. The summed E-state index contributed by atoms with van der Waals surface area (Å²) in [6.45, 7) is 0. The summed E-state index contributed by atoms with van der Waals surface area (Å²) in [7, 11) is 0. The van der Waals surface area contributed by atoms with Crippen LogP contribution < -0.4 is 0 Å². The predicted octanol–water partition coefficient (Wildman–Crippen LogP) is 3.04. The van der Waals surface area contributed by atoms with E-state index in [0.717, 1.165) is 16.3 Å². The normalized spacial score (nSPS) is 10.5. The molecule has 0 radical (unpaired) electrons. The molecule has 2 heteroatoms. The molecule has 0 N–H and O–H groups in total. The molecular weight excluding hydrogens is 148 g/mol. The van der Waals surface area contributed by atoms with Crippen molar-refractivity contribution in [3.8, 4) is 11.3 Å². The first-order chi connectivity index (χ1) is 4.88. The molecule has 0 saturated heterocycles. The Hall–Kier alpha value is -0.950. The standard InChI is InChI=1S/C8H5ClO/c9-7-4-5-10-8-3-1-2-6(7)8/h1-5H. The zero-order valence-electron chi connectivity index (χ0n) is 5.17. The fourth-order valence-electron chi connectivity index (χ4n) is 0.961. The minimum Gasteiger partial charge on any atom is -0.464 e. The summed E-state index contributed by atoms with van der Waals surface area (Å²) in [6.07, 6.45) is 1.59. The maximum Gasteiger partial charge on any atom is 0.135 e. The van der Waals surface area contributed by atoms with Crippen LogP contribution in [0.5, 0.6) is 0 Å². The second-order valence-electron chi connectivity index (χ2n) is 2.07. The third-order valence-corrected chi connectivity index (χ3v) is 1.77. The summed E-state index contributed by atoms with van der Waals surface area (Å²) in [5.74, 6) is 0.840. The van der Waals surface area contributed by atoms with Gasteiger partial charge in [-0.05, 0) is 18.2 Å². The highest BCUT2D eigenvalue weighted by atomic mass is 35.5. The van der Waals surface area contributed by atoms with Crippen LogP contribution in [0.2, 0.25) is 5.02 Å². The van der Waals surface area contributed by atoms with E-state index in [2.05, 4.69) is 0 Å². The Kier molecular flexibility index (Phi) is 1.18. The molecule has 2 rings (SSSR count). The molecule has 0 aromatic rings. The minimum absolute atomic E-state index is 0.742. The molecule has 0 amide bonds. The summed E-state index contributed by atoms with van der Waals surface area (Å²) in [5.41, 5.74) is 0.976. The molecule has 1 aliphatic heterocycles. The first-order valence-electron chi connectivity index (χ1n) is 2.99. The summed E-state index contributed by atoms with van der Waals surface area (Å²) >= 11 is 5.84. The van der Waals surface area contributed by atoms with Gasteiger partial charge in [-0.25, -0.2) is 0 Å². The van der Waals surface area contributed by atoms with E-state index >= 15 is 0 Å². The smallest absolute Gasteiger partial charge is 0.135 e. The third kappa shape index (κ3) is 0.711. The maximum absolute atomic E-state index is 5.84. The second-order valence-corrected chi connectivity index (χ2v) is 2.48. The molecule has 50 valence electrons. The molecule has 0 bridgehead atoms. The van der Waals surface area contributed by atoms with Gasteiger partial charge in [0.05, 0.1) is 11.3 Å². The van der Waals surface area contributed by atoms with Gasteiger partial charge in [0.2, 0.25) is 0 Å². The largest absolute Gasteiger partial charge is 0.464 e. The van der Waals surface area contributed by atoms with Gasteiger partial charge in [0.25, 0.3) is 0 Å². The van der Waals surface area contributed by atoms with Crippen molar-refractivity contribution in [2.24, 2.45) is 0 Å². The number of halogens is 1. The highest BCUT2D eigenvalue weighted by Gasteiger charge is 2.06. The second kappa shape index (κ2) is 2.03. The monoisotopic (exact) mass is 152 g/mol. The van der Waals surface area contributed by atoms with Gasteiger partial charge in [-0.3, -0.25) is 0 Å². The number of hydrogen-bond acceptors (Lipinski definition) is 1. The Morgan fingerprint density at radius 2 is 2.10 bits per heavy atom. The summed E-state index contributed by atoms with van der Waals surface area (Å²) in [6, 6.07) is 7.48.